The Morgan fingerprint density at radius 3 is 2.57 bits per heavy atom. The third-order valence-electron chi connectivity index (χ3n) is 3.39. The molecule has 0 radical (unpaired) electrons. The Morgan fingerprint density at radius 1 is 1.43 bits per heavy atom. The van der Waals surface area contributed by atoms with Crippen LogP contribution < -0.4 is 10.2 Å². The van der Waals surface area contributed by atoms with Crippen LogP contribution in [0.5, 0.6) is 0 Å². The first-order valence-corrected chi connectivity index (χ1v) is 7.09. The van der Waals surface area contributed by atoms with E-state index in [0.717, 1.165) is 0 Å². The molecule has 2 N–H and O–H groups in total. The summed E-state index contributed by atoms with van der Waals surface area (Å²) in [6.07, 6.45) is 0. The third kappa shape index (κ3) is 4.60. The lowest BCUT2D eigenvalue weighted by atomic mass is 10.2. The molecule has 0 aliphatic rings. The number of halogens is 1. The summed E-state index contributed by atoms with van der Waals surface area (Å²) in [4.78, 5) is 15.2. The van der Waals surface area contributed by atoms with E-state index in [1.54, 1.807) is 12.1 Å². The van der Waals surface area contributed by atoms with E-state index in [2.05, 4.69) is 5.32 Å². The summed E-state index contributed by atoms with van der Waals surface area (Å²) >= 11 is 0. The van der Waals surface area contributed by atoms with Gasteiger partial charge >= 0.3 is 6.03 Å². The van der Waals surface area contributed by atoms with Gasteiger partial charge in [-0.1, -0.05) is 0 Å². The molecule has 6 heteroatoms. The first kappa shape index (κ1) is 17.2. The number of carbonyl (C=O) groups excluding carboxylic acids is 1. The normalized spacial score (nSPS) is 10.6. The second kappa shape index (κ2) is 7.83. The van der Waals surface area contributed by atoms with Gasteiger partial charge in [-0.25, -0.2) is 9.18 Å². The standard InChI is InChI=1S/C15H24FN3O2/c1-5-19(8-9-20)15(21)17-12-6-7-14(13(16)10-12)18(4)11(2)3/h6-7,10-11,20H,5,8-9H2,1-4H3,(H,17,21). The summed E-state index contributed by atoms with van der Waals surface area (Å²) in [7, 11) is 1.82. The van der Waals surface area contributed by atoms with Crippen LogP contribution in [0.3, 0.4) is 0 Å². The van der Waals surface area contributed by atoms with Gasteiger partial charge in [0.2, 0.25) is 0 Å². The van der Waals surface area contributed by atoms with E-state index in [0.29, 0.717) is 17.9 Å². The average Bonchev–Trinajstić information content (AvgIpc) is 2.43. The maximum Gasteiger partial charge on any atom is 0.321 e. The lowest BCUT2D eigenvalue weighted by molar-refractivity contribution is 0.192. The zero-order valence-corrected chi connectivity index (χ0v) is 13.1. The molecular weight excluding hydrogens is 273 g/mol. The molecule has 0 heterocycles. The smallest absolute Gasteiger partial charge is 0.321 e. The molecule has 0 aliphatic carbocycles. The van der Waals surface area contributed by atoms with Crippen LogP contribution in [0.1, 0.15) is 20.8 Å². The number of hydrogen-bond donors (Lipinski definition) is 2. The van der Waals surface area contributed by atoms with Crippen molar-refractivity contribution in [2.75, 3.05) is 37.0 Å². The minimum atomic E-state index is -0.380. The number of urea groups is 1. The topological polar surface area (TPSA) is 55.8 Å². The Kier molecular flexibility index (Phi) is 6.42. The van der Waals surface area contributed by atoms with E-state index < -0.39 is 0 Å². The molecule has 0 saturated carbocycles. The van der Waals surface area contributed by atoms with Crippen LogP contribution in [0.15, 0.2) is 18.2 Å². The van der Waals surface area contributed by atoms with Gasteiger partial charge in [-0.2, -0.15) is 0 Å². The van der Waals surface area contributed by atoms with Crippen molar-refractivity contribution in [1.29, 1.82) is 0 Å². The molecule has 0 fully saturated rings. The summed E-state index contributed by atoms with van der Waals surface area (Å²) < 4.78 is 14.1. The summed E-state index contributed by atoms with van der Waals surface area (Å²) in [5.41, 5.74) is 0.889. The maximum absolute atomic E-state index is 14.1. The van der Waals surface area contributed by atoms with E-state index >= 15 is 0 Å². The Hall–Kier alpha value is -1.82. The highest BCUT2D eigenvalue weighted by molar-refractivity contribution is 5.89. The van der Waals surface area contributed by atoms with Gasteiger partial charge in [-0.3, -0.25) is 0 Å². The SMILES string of the molecule is CCN(CCO)C(=O)Nc1ccc(N(C)C(C)C)c(F)c1. The van der Waals surface area contributed by atoms with Crippen LogP contribution in [0, 0.1) is 5.82 Å². The second-order valence-corrected chi connectivity index (χ2v) is 5.10. The van der Waals surface area contributed by atoms with Crippen LogP contribution in [0.25, 0.3) is 0 Å². The zero-order valence-electron chi connectivity index (χ0n) is 13.1. The minimum Gasteiger partial charge on any atom is -0.395 e. The molecule has 2 amide bonds. The van der Waals surface area contributed by atoms with Crippen LogP contribution in [-0.2, 0) is 0 Å². The summed E-state index contributed by atoms with van der Waals surface area (Å²) in [5, 5.41) is 11.5. The number of benzene rings is 1. The van der Waals surface area contributed by atoms with E-state index in [9.17, 15) is 9.18 Å². The molecule has 0 aromatic heterocycles. The van der Waals surface area contributed by atoms with Gasteiger partial charge in [0.1, 0.15) is 5.82 Å². The van der Waals surface area contributed by atoms with Crippen molar-refractivity contribution >= 4 is 17.4 Å². The van der Waals surface area contributed by atoms with Crippen molar-refractivity contribution in [3.8, 4) is 0 Å². The van der Waals surface area contributed by atoms with Gasteiger partial charge in [0, 0.05) is 31.9 Å². The molecular formula is C15H24FN3O2. The maximum atomic E-state index is 14.1. The van der Waals surface area contributed by atoms with E-state index in [4.69, 9.17) is 5.11 Å². The first-order valence-electron chi connectivity index (χ1n) is 7.09. The highest BCUT2D eigenvalue weighted by Crippen LogP contribution is 2.23. The molecule has 0 unspecified atom stereocenters. The van der Waals surface area contributed by atoms with E-state index in [-0.39, 0.29) is 31.0 Å². The van der Waals surface area contributed by atoms with Gasteiger partial charge in [0.25, 0.3) is 0 Å². The van der Waals surface area contributed by atoms with Crippen molar-refractivity contribution in [3.63, 3.8) is 0 Å². The lowest BCUT2D eigenvalue weighted by Crippen LogP contribution is -2.36. The number of anilines is 2. The molecule has 0 atom stereocenters. The predicted octanol–water partition coefficient (Wildman–Crippen LogP) is 2.52. The van der Waals surface area contributed by atoms with Crippen LogP contribution in [0.2, 0.25) is 0 Å². The minimum absolute atomic E-state index is 0.103. The first-order chi connectivity index (χ1) is 9.90. The molecule has 1 aromatic carbocycles. The van der Waals surface area contributed by atoms with Crippen molar-refractivity contribution in [3.05, 3.63) is 24.0 Å². The van der Waals surface area contributed by atoms with Gasteiger partial charge in [-0.15, -0.1) is 0 Å². The number of hydrogen-bond acceptors (Lipinski definition) is 3. The van der Waals surface area contributed by atoms with Crippen LogP contribution >= 0.6 is 0 Å². The lowest BCUT2D eigenvalue weighted by Gasteiger charge is -2.25. The van der Waals surface area contributed by atoms with Crippen molar-refractivity contribution in [2.24, 2.45) is 0 Å². The fourth-order valence-electron chi connectivity index (χ4n) is 1.88. The fourth-order valence-corrected chi connectivity index (χ4v) is 1.88. The summed E-state index contributed by atoms with van der Waals surface area (Å²) in [6.45, 7) is 6.39. The molecule has 0 spiro atoms. The Balaban J connectivity index is 2.82. The molecule has 0 saturated heterocycles. The highest BCUT2D eigenvalue weighted by Gasteiger charge is 2.14. The number of amides is 2. The van der Waals surface area contributed by atoms with Crippen molar-refractivity contribution < 1.29 is 14.3 Å². The number of rotatable bonds is 6. The molecule has 5 nitrogen and oxygen atoms in total. The van der Waals surface area contributed by atoms with Crippen LogP contribution in [0.4, 0.5) is 20.6 Å². The summed E-state index contributed by atoms with van der Waals surface area (Å²) in [6, 6.07) is 4.45. The number of aliphatic hydroxyl groups excluding tert-OH is 1. The Morgan fingerprint density at radius 2 is 2.10 bits per heavy atom. The highest BCUT2D eigenvalue weighted by atomic mass is 19.1. The van der Waals surface area contributed by atoms with Crippen molar-refractivity contribution in [1.82, 2.24) is 4.90 Å². The Labute approximate surface area is 125 Å². The number of nitrogens with zero attached hydrogens (tertiary/aromatic N) is 2. The van der Waals surface area contributed by atoms with Gasteiger partial charge in [0.05, 0.1) is 12.3 Å². The molecule has 1 rings (SSSR count). The zero-order chi connectivity index (χ0) is 16.0. The molecule has 1 aromatic rings. The Bertz CT molecular complexity index is 480. The monoisotopic (exact) mass is 297 g/mol. The number of aliphatic hydroxyl groups is 1. The van der Waals surface area contributed by atoms with Gasteiger partial charge in [0.15, 0.2) is 0 Å². The second-order valence-electron chi connectivity index (χ2n) is 5.10. The predicted molar refractivity (Wildman–Crippen MR) is 83.3 cm³/mol. The van der Waals surface area contributed by atoms with E-state index in [1.807, 2.05) is 32.7 Å². The van der Waals surface area contributed by atoms with Crippen LogP contribution in [-0.4, -0.2) is 48.8 Å². The number of likely N-dealkylation sites (N-methyl/N-ethyl adjacent to an activating group) is 1. The largest absolute Gasteiger partial charge is 0.395 e. The molecule has 21 heavy (non-hydrogen) atoms. The number of nitrogens with one attached hydrogen (secondary N) is 1. The third-order valence-corrected chi connectivity index (χ3v) is 3.39. The molecule has 118 valence electrons. The quantitative estimate of drug-likeness (QED) is 0.848. The average molecular weight is 297 g/mol. The molecule has 0 aliphatic heterocycles. The summed E-state index contributed by atoms with van der Waals surface area (Å²) in [5.74, 6) is -0.380. The van der Waals surface area contributed by atoms with Gasteiger partial charge in [-0.05, 0) is 39.0 Å². The molecule has 0 bridgehead atoms. The van der Waals surface area contributed by atoms with E-state index in [1.165, 1.54) is 11.0 Å². The van der Waals surface area contributed by atoms with Crippen molar-refractivity contribution in [2.45, 2.75) is 26.8 Å². The fraction of sp³-hybridized carbons (Fsp3) is 0.533. The van der Waals surface area contributed by atoms with Gasteiger partial charge < -0.3 is 20.2 Å². The number of carbonyl (C=O) groups is 1.